The van der Waals surface area contributed by atoms with E-state index < -0.39 is 15.3 Å². The Hall–Kier alpha value is -1.45. The number of nitrogens with one attached hydrogen (secondary N) is 1. The van der Waals surface area contributed by atoms with Gasteiger partial charge in [-0.1, -0.05) is 6.92 Å². The van der Waals surface area contributed by atoms with E-state index in [9.17, 15) is 8.42 Å². The lowest BCUT2D eigenvalue weighted by Crippen LogP contribution is -2.34. The first-order valence-corrected chi connectivity index (χ1v) is 6.91. The molecule has 0 amide bonds. The van der Waals surface area contributed by atoms with Crippen molar-refractivity contribution in [3.05, 3.63) is 30.1 Å². The second kappa shape index (κ2) is 6.33. The summed E-state index contributed by atoms with van der Waals surface area (Å²) in [4.78, 5) is 3.88. The molecule has 1 rings (SSSR count). The number of hydrogen-bond donors (Lipinski definition) is 1. The fourth-order valence-electron chi connectivity index (χ4n) is 1.37. The maximum absolute atomic E-state index is 11.6. The van der Waals surface area contributed by atoms with E-state index in [1.807, 2.05) is 12.1 Å². The molecule has 1 aromatic heterocycles. The molecule has 0 radical (unpaired) electrons. The topological polar surface area (TPSA) is 82.8 Å². The molecule has 0 fully saturated rings. The lowest BCUT2D eigenvalue weighted by molar-refractivity contribution is 0.572. The predicted octanol–water partition coefficient (Wildman–Crippen LogP) is 0.846. The zero-order valence-corrected chi connectivity index (χ0v) is 10.4. The summed E-state index contributed by atoms with van der Waals surface area (Å²) in [5.41, 5.74) is 1.01. The minimum Gasteiger partial charge on any atom is -0.265 e. The third kappa shape index (κ3) is 4.13. The van der Waals surface area contributed by atoms with Crippen molar-refractivity contribution in [3.8, 4) is 6.07 Å². The third-order valence-corrected chi connectivity index (χ3v) is 4.15. The normalized spacial score (nSPS) is 12.9. The van der Waals surface area contributed by atoms with Gasteiger partial charge in [0.05, 0.1) is 6.07 Å². The quantitative estimate of drug-likeness (QED) is 0.814. The van der Waals surface area contributed by atoms with Gasteiger partial charge in [0, 0.05) is 18.9 Å². The highest BCUT2D eigenvalue weighted by Gasteiger charge is 2.22. The molecule has 1 aromatic rings. The summed E-state index contributed by atoms with van der Waals surface area (Å²) in [6, 6.07) is 5.44. The predicted molar refractivity (Wildman–Crippen MR) is 64.6 cm³/mol. The number of rotatable bonds is 6. The van der Waals surface area contributed by atoms with E-state index in [2.05, 4.69) is 9.71 Å². The van der Waals surface area contributed by atoms with Crippen molar-refractivity contribution in [2.24, 2.45) is 0 Å². The Morgan fingerprint density at radius 1 is 1.47 bits per heavy atom. The highest BCUT2D eigenvalue weighted by Crippen LogP contribution is 2.03. The van der Waals surface area contributed by atoms with E-state index in [-0.39, 0.29) is 0 Å². The van der Waals surface area contributed by atoms with Crippen LogP contribution in [0.3, 0.4) is 0 Å². The van der Waals surface area contributed by atoms with Crippen LogP contribution in [0.1, 0.15) is 18.9 Å². The van der Waals surface area contributed by atoms with Gasteiger partial charge in [-0.05, 0) is 30.5 Å². The van der Waals surface area contributed by atoms with Gasteiger partial charge in [-0.3, -0.25) is 4.98 Å². The van der Waals surface area contributed by atoms with Gasteiger partial charge in [-0.25, -0.2) is 13.1 Å². The number of pyridine rings is 1. The Balaban J connectivity index is 2.49. The fourth-order valence-corrected chi connectivity index (χ4v) is 2.53. The molecule has 0 aliphatic carbocycles. The van der Waals surface area contributed by atoms with Crippen LogP contribution in [-0.4, -0.2) is 25.2 Å². The van der Waals surface area contributed by atoms with Crippen molar-refractivity contribution in [3.63, 3.8) is 0 Å². The molecular weight excluding hydrogens is 238 g/mol. The number of hydrogen-bond acceptors (Lipinski definition) is 4. The second-order valence-corrected chi connectivity index (χ2v) is 5.52. The maximum atomic E-state index is 11.6. The molecular formula is C11H15N3O2S. The Labute approximate surface area is 102 Å². The van der Waals surface area contributed by atoms with Gasteiger partial charge in [0.1, 0.15) is 0 Å². The van der Waals surface area contributed by atoms with Crippen LogP contribution in [0.2, 0.25) is 0 Å². The summed E-state index contributed by atoms with van der Waals surface area (Å²) in [5.74, 6) is 0. The van der Waals surface area contributed by atoms with Crippen molar-refractivity contribution in [1.29, 1.82) is 5.26 Å². The molecule has 0 saturated heterocycles. The highest BCUT2D eigenvalue weighted by molar-refractivity contribution is 7.90. The molecule has 1 N–H and O–H groups in total. The third-order valence-electron chi connectivity index (χ3n) is 2.36. The van der Waals surface area contributed by atoms with Crippen LogP contribution >= 0.6 is 0 Å². The van der Waals surface area contributed by atoms with E-state index >= 15 is 0 Å². The maximum Gasteiger partial charge on any atom is 0.227 e. The second-order valence-electron chi connectivity index (χ2n) is 3.57. The lowest BCUT2D eigenvalue weighted by Gasteiger charge is -2.09. The van der Waals surface area contributed by atoms with E-state index in [1.54, 1.807) is 25.4 Å². The van der Waals surface area contributed by atoms with Crippen LogP contribution in [0.25, 0.3) is 0 Å². The van der Waals surface area contributed by atoms with Gasteiger partial charge in [0.15, 0.2) is 5.25 Å². The van der Waals surface area contributed by atoms with E-state index in [0.29, 0.717) is 19.4 Å². The van der Waals surface area contributed by atoms with Crippen LogP contribution < -0.4 is 4.72 Å². The molecule has 0 aliphatic rings. The molecule has 92 valence electrons. The fraction of sp³-hybridized carbons (Fsp3) is 0.455. The first kappa shape index (κ1) is 13.6. The van der Waals surface area contributed by atoms with Crippen LogP contribution in [0.15, 0.2) is 24.5 Å². The van der Waals surface area contributed by atoms with E-state index in [0.717, 1.165) is 5.56 Å². The summed E-state index contributed by atoms with van der Waals surface area (Å²) in [6.45, 7) is 1.97. The highest BCUT2D eigenvalue weighted by atomic mass is 32.2. The molecule has 17 heavy (non-hydrogen) atoms. The van der Waals surface area contributed by atoms with Crippen LogP contribution in [-0.2, 0) is 16.4 Å². The Morgan fingerprint density at radius 2 is 2.12 bits per heavy atom. The average Bonchev–Trinajstić information content (AvgIpc) is 2.31. The molecule has 1 atom stereocenters. The SMILES string of the molecule is CCC(C#N)S(=O)(=O)NCCc1ccncc1. The van der Waals surface area contributed by atoms with Gasteiger partial charge < -0.3 is 0 Å². The van der Waals surface area contributed by atoms with Crippen LogP contribution in [0, 0.1) is 11.3 Å². The number of sulfonamides is 1. The Morgan fingerprint density at radius 3 is 2.65 bits per heavy atom. The zero-order valence-electron chi connectivity index (χ0n) is 9.63. The standard InChI is InChI=1S/C11H15N3O2S/c1-2-11(9-12)17(15,16)14-8-5-10-3-6-13-7-4-10/h3-4,6-7,11,14H,2,5,8H2,1H3. The van der Waals surface area contributed by atoms with Crippen molar-refractivity contribution in [2.45, 2.75) is 25.0 Å². The van der Waals surface area contributed by atoms with Gasteiger partial charge in [-0.2, -0.15) is 5.26 Å². The molecule has 5 nitrogen and oxygen atoms in total. The van der Waals surface area contributed by atoms with Crippen molar-refractivity contribution in [2.75, 3.05) is 6.54 Å². The average molecular weight is 253 g/mol. The molecule has 0 spiro atoms. The van der Waals surface area contributed by atoms with E-state index in [1.165, 1.54) is 0 Å². The van der Waals surface area contributed by atoms with E-state index in [4.69, 9.17) is 5.26 Å². The number of nitriles is 1. The minimum atomic E-state index is -3.52. The first-order valence-electron chi connectivity index (χ1n) is 5.37. The Kier molecular flexibility index (Phi) is 5.07. The van der Waals surface area contributed by atoms with Crippen LogP contribution in [0.5, 0.6) is 0 Å². The molecule has 6 heteroatoms. The van der Waals surface area contributed by atoms with Crippen molar-refractivity contribution in [1.82, 2.24) is 9.71 Å². The molecule has 0 aromatic carbocycles. The first-order chi connectivity index (χ1) is 8.10. The van der Waals surface area contributed by atoms with Gasteiger partial charge in [-0.15, -0.1) is 0 Å². The van der Waals surface area contributed by atoms with Gasteiger partial charge in [0.2, 0.25) is 10.0 Å². The smallest absolute Gasteiger partial charge is 0.227 e. The van der Waals surface area contributed by atoms with Crippen molar-refractivity contribution >= 4 is 10.0 Å². The van der Waals surface area contributed by atoms with Gasteiger partial charge >= 0.3 is 0 Å². The van der Waals surface area contributed by atoms with Gasteiger partial charge in [0.25, 0.3) is 0 Å². The molecule has 1 unspecified atom stereocenters. The summed E-state index contributed by atoms with van der Waals surface area (Å²) in [7, 11) is -3.52. The molecule has 1 heterocycles. The lowest BCUT2D eigenvalue weighted by atomic mass is 10.2. The number of aromatic nitrogens is 1. The monoisotopic (exact) mass is 253 g/mol. The largest absolute Gasteiger partial charge is 0.265 e. The Bertz CT molecular complexity index is 479. The molecule has 0 saturated carbocycles. The summed E-state index contributed by atoms with van der Waals surface area (Å²) >= 11 is 0. The zero-order chi connectivity index (χ0) is 12.7. The van der Waals surface area contributed by atoms with Crippen molar-refractivity contribution < 1.29 is 8.42 Å². The minimum absolute atomic E-state index is 0.293. The number of nitrogens with zero attached hydrogens (tertiary/aromatic N) is 2. The summed E-state index contributed by atoms with van der Waals surface area (Å²) in [5, 5.41) is 7.73. The molecule has 0 aliphatic heterocycles. The summed E-state index contributed by atoms with van der Waals surface area (Å²) in [6.07, 6.45) is 4.20. The molecule has 0 bridgehead atoms. The van der Waals surface area contributed by atoms with Crippen LogP contribution in [0.4, 0.5) is 0 Å². The summed E-state index contributed by atoms with van der Waals surface area (Å²) < 4.78 is 25.7.